The minimum atomic E-state index is -0.461. The highest BCUT2D eigenvalue weighted by atomic mass is 79.9. The van der Waals surface area contributed by atoms with Crippen molar-refractivity contribution in [1.29, 1.82) is 0 Å². The second kappa shape index (κ2) is 7.83. The highest BCUT2D eigenvalue weighted by molar-refractivity contribution is 9.10. The molecule has 0 radical (unpaired) electrons. The number of halogens is 2. The van der Waals surface area contributed by atoms with Crippen molar-refractivity contribution in [1.82, 2.24) is 9.78 Å². The van der Waals surface area contributed by atoms with Gasteiger partial charge in [0.25, 0.3) is 0 Å². The van der Waals surface area contributed by atoms with Crippen LogP contribution < -0.4 is 5.32 Å². The molecular formula is C20H19BrFN3O. The fraction of sp³-hybridized carbons (Fsp3) is 0.200. The Bertz CT molecular complexity index is 938. The molecule has 4 nitrogen and oxygen atoms in total. The predicted molar refractivity (Wildman–Crippen MR) is 104 cm³/mol. The molecule has 0 atom stereocenters. The second-order valence-corrected chi connectivity index (χ2v) is 6.98. The number of hydrogen-bond donors (Lipinski definition) is 1. The van der Waals surface area contributed by atoms with E-state index in [1.807, 2.05) is 48.9 Å². The van der Waals surface area contributed by atoms with Crippen LogP contribution in [0.5, 0.6) is 0 Å². The summed E-state index contributed by atoms with van der Waals surface area (Å²) in [5.74, 6) is -0.686. The molecule has 134 valence electrons. The smallest absolute Gasteiger partial charge is 0.224 e. The lowest BCUT2D eigenvalue weighted by Crippen LogP contribution is -2.13. The van der Waals surface area contributed by atoms with Gasteiger partial charge in [0.15, 0.2) is 0 Å². The van der Waals surface area contributed by atoms with E-state index in [0.29, 0.717) is 10.9 Å². The number of para-hydroxylation sites is 1. The molecule has 1 N–H and O–H groups in total. The summed E-state index contributed by atoms with van der Waals surface area (Å²) in [6.07, 6.45) is 0.812. The molecule has 0 aliphatic heterocycles. The molecule has 1 heterocycles. The molecule has 0 spiro atoms. The highest BCUT2D eigenvalue weighted by Gasteiger charge is 2.15. The Morgan fingerprint density at radius 2 is 1.92 bits per heavy atom. The van der Waals surface area contributed by atoms with Crippen molar-refractivity contribution in [3.05, 3.63) is 75.8 Å². The zero-order valence-electron chi connectivity index (χ0n) is 14.6. The van der Waals surface area contributed by atoms with Crippen molar-refractivity contribution >= 4 is 27.5 Å². The first-order valence-corrected chi connectivity index (χ1v) is 9.10. The van der Waals surface area contributed by atoms with Gasteiger partial charge in [-0.05, 0) is 56.2 Å². The van der Waals surface area contributed by atoms with Gasteiger partial charge >= 0.3 is 0 Å². The molecule has 0 aliphatic rings. The van der Waals surface area contributed by atoms with E-state index in [4.69, 9.17) is 0 Å². The van der Waals surface area contributed by atoms with Gasteiger partial charge in [-0.1, -0.05) is 34.1 Å². The Balaban J connectivity index is 1.70. The lowest BCUT2D eigenvalue weighted by Gasteiger charge is -2.08. The van der Waals surface area contributed by atoms with Crippen molar-refractivity contribution in [2.75, 3.05) is 5.32 Å². The van der Waals surface area contributed by atoms with Crippen LogP contribution in [-0.2, 0) is 11.2 Å². The Hall–Kier alpha value is -2.47. The third-order valence-electron chi connectivity index (χ3n) is 4.25. The number of nitrogens with one attached hydrogen (secondary N) is 1. The maximum atomic E-state index is 13.8. The van der Waals surface area contributed by atoms with Crippen LogP contribution in [0, 0.1) is 19.7 Å². The van der Waals surface area contributed by atoms with Crippen molar-refractivity contribution < 1.29 is 9.18 Å². The Morgan fingerprint density at radius 1 is 1.19 bits per heavy atom. The summed E-state index contributed by atoms with van der Waals surface area (Å²) in [7, 11) is 0. The van der Waals surface area contributed by atoms with E-state index in [9.17, 15) is 9.18 Å². The number of hydrogen-bond acceptors (Lipinski definition) is 2. The fourth-order valence-electron chi connectivity index (χ4n) is 2.90. The van der Waals surface area contributed by atoms with Gasteiger partial charge in [-0.2, -0.15) is 5.10 Å². The third-order valence-corrected chi connectivity index (χ3v) is 4.74. The van der Waals surface area contributed by atoms with Gasteiger partial charge < -0.3 is 5.32 Å². The Morgan fingerprint density at radius 3 is 2.62 bits per heavy atom. The summed E-state index contributed by atoms with van der Waals surface area (Å²) in [6.45, 7) is 3.93. The van der Waals surface area contributed by atoms with E-state index >= 15 is 0 Å². The van der Waals surface area contributed by atoms with Crippen LogP contribution in [0.1, 0.15) is 23.4 Å². The van der Waals surface area contributed by atoms with Crippen LogP contribution in [0.25, 0.3) is 5.69 Å². The van der Waals surface area contributed by atoms with Gasteiger partial charge in [0.1, 0.15) is 5.82 Å². The average molecular weight is 416 g/mol. The molecule has 0 fully saturated rings. The fourth-order valence-corrected chi connectivity index (χ4v) is 3.23. The average Bonchev–Trinajstić information content (AvgIpc) is 2.90. The van der Waals surface area contributed by atoms with Gasteiger partial charge in [0, 0.05) is 16.6 Å². The largest absolute Gasteiger partial charge is 0.324 e. The first-order chi connectivity index (χ1) is 12.5. The molecule has 3 rings (SSSR count). The first-order valence-electron chi connectivity index (χ1n) is 8.31. The predicted octanol–water partition coefficient (Wildman–Crippen LogP) is 4.96. The van der Waals surface area contributed by atoms with Crippen molar-refractivity contribution in [3.8, 4) is 5.69 Å². The molecule has 1 amide bonds. The second-order valence-electron chi connectivity index (χ2n) is 6.07. The minimum Gasteiger partial charge on any atom is -0.324 e. The van der Waals surface area contributed by atoms with Crippen LogP contribution in [-0.4, -0.2) is 15.7 Å². The van der Waals surface area contributed by atoms with E-state index in [-0.39, 0.29) is 18.0 Å². The van der Waals surface area contributed by atoms with Crippen LogP contribution in [0.2, 0.25) is 0 Å². The lowest BCUT2D eigenvalue weighted by atomic mass is 10.1. The first kappa shape index (κ1) is 18.3. The standard InChI is InChI=1S/C20H19BrFN3O/c1-13-17(14(2)25(24-13)16-6-4-3-5-7-16)9-11-20(26)23-19-10-8-15(21)12-18(19)22/h3-8,10,12H,9,11H2,1-2H3,(H,23,26). The molecule has 0 saturated carbocycles. The number of rotatable bonds is 5. The lowest BCUT2D eigenvalue weighted by molar-refractivity contribution is -0.116. The minimum absolute atomic E-state index is 0.187. The van der Waals surface area contributed by atoms with Crippen LogP contribution in [0.15, 0.2) is 53.0 Å². The van der Waals surface area contributed by atoms with Crippen molar-refractivity contribution in [3.63, 3.8) is 0 Å². The van der Waals surface area contributed by atoms with E-state index in [2.05, 4.69) is 26.3 Å². The Kier molecular flexibility index (Phi) is 5.52. The maximum absolute atomic E-state index is 13.8. The van der Waals surface area contributed by atoms with Crippen molar-refractivity contribution in [2.45, 2.75) is 26.7 Å². The van der Waals surface area contributed by atoms with Crippen LogP contribution in [0.4, 0.5) is 10.1 Å². The zero-order valence-corrected chi connectivity index (χ0v) is 16.2. The number of anilines is 1. The van der Waals surface area contributed by atoms with E-state index in [1.54, 1.807) is 12.1 Å². The van der Waals surface area contributed by atoms with E-state index in [0.717, 1.165) is 22.6 Å². The van der Waals surface area contributed by atoms with Gasteiger partial charge in [0.2, 0.25) is 5.91 Å². The number of amides is 1. The molecule has 2 aromatic carbocycles. The number of benzene rings is 2. The summed E-state index contributed by atoms with van der Waals surface area (Å²) in [4.78, 5) is 12.2. The summed E-state index contributed by atoms with van der Waals surface area (Å²) in [6, 6.07) is 14.4. The summed E-state index contributed by atoms with van der Waals surface area (Å²) in [5, 5.41) is 7.21. The van der Waals surface area contributed by atoms with E-state index < -0.39 is 5.82 Å². The SMILES string of the molecule is Cc1nn(-c2ccccc2)c(C)c1CCC(=O)Nc1ccc(Br)cc1F. The van der Waals surface area contributed by atoms with Gasteiger partial charge in [-0.15, -0.1) is 0 Å². The highest BCUT2D eigenvalue weighted by Crippen LogP contribution is 2.21. The zero-order chi connectivity index (χ0) is 18.7. The molecule has 0 aliphatic carbocycles. The van der Waals surface area contributed by atoms with E-state index in [1.165, 1.54) is 6.07 Å². The number of nitrogens with zero attached hydrogens (tertiary/aromatic N) is 2. The molecule has 0 saturated heterocycles. The quantitative estimate of drug-likeness (QED) is 0.639. The van der Waals surface area contributed by atoms with Gasteiger partial charge in [0.05, 0.1) is 17.1 Å². The molecule has 3 aromatic rings. The number of aromatic nitrogens is 2. The summed E-state index contributed by atoms with van der Waals surface area (Å²) >= 11 is 3.20. The normalized spacial score (nSPS) is 10.8. The van der Waals surface area contributed by atoms with Gasteiger partial charge in [-0.3, -0.25) is 4.79 Å². The number of aryl methyl sites for hydroxylation is 1. The maximum Gasteiger partial charge on any atom is 0.224 e. The molecular weight excluding hydrogens is 397 g/mol. The number of carbonyl (C=O) groups is 1. The number of carbonyl (C=O) groups excluding carboxylic acids is 1. The van der Waals surface area contributed by atoms with Crippen LogP contribution in [0.3, 0.4) is 0 Å². The van der Waals surface area contributed by atoms with Crippen molar-refractivity contribution in [2.24, 2.45) is 0 Å². The molecule has 0 bridgehead atoms. The topological polar surface area (TPSA) is 46.9 Å². The summed E-state index contributed by atoms with van der Waals surface area (Å²) < 4.78 is 16.4. The molecule has 0 unspecified atom stereocenters. The molecule has 1 aromatic heterocycles. The monoisotopic (exact) mass is 415 g/mol. The molecule has 26 heavy (non-hydrogen) atoms. The van der Waals surface area contributed by atoms with Gasteiger partial charge in [-0.25, -0.2) is 9.07 Å². The Labute approximate surface area is 160 Å². The summed E-state index contributed by atoms with van der Waals surface area (Å²) in [5.41, 5.74) is 4.12. The van der Waals surface area contributed by atoms with Crippen LogP contribution >= 0.6 is 15.9 Å². The molecule has 6 heteroatoms. The third kappa shape index (κ3) is 4.02.